The maximum absolute atomic E-state index is 5.87. The first-order valence-corrected chi connectivity index (χ1v) is 7.30. The molecule has 1 aliphatic heterocycles. The minimum Gasteiger partial charge on any atom is -0.490 e. The Bertz CT molecular complexity index is 620. The molecule has 20 heavy (non-hydrogen) atoms. The molecule has 2 aromatic rings. The summed E-state index contributed by atoms with van der Waals surface area (Å²) in [5, 5.41) is 0. The molecule has 3 rings (SSSR count). The van der Waals surface area contributed by atoms with Crippen molar-refractivity contribution in [2.45, 2.75) is 19.9 Å². The summed E-state index contributed by atoms with van der Waals surface area (Å²) in [6.45, 7) is 4.00. The molecule has 0 bridgehead atoms. The third kappa shape index (κ3) is 2.47. The number of imidazole rings is 1. The molecule has 2 N–H and O–H groups in total. The van der Waals surface area contributed by atoms with Gasteiger partial charge >= 0.3 is 0 Å². The zero-order valence-corrected chi connectivity index (χ0v) is 12.8. The summed E-state index contributed by atoms with van der Waals surface area (Å²) in [6, 6.07) is 4.04. The van der Waals surface area contributed by atoms with Crippen LogP contribution in [-0.4, -0.2) is 22.8 Å². The molecule has 0 atom stereocenters. The predicted octanol–water partition coefficient (Wildman–Crippen LogP) is 2.75. The lowest BCUT2D eigenvalue weighted by molar-refractivity contribution is 0.296. The van der Waals surface area contributed by atoms with E-state index in [-0.39, 0.29) is 0 Å². The Hall–Kier alpha value is -1.69. The molecule has 0 unspecified atom stereocenters. The molecule has 2 heterocycles. The molecule has 0 radical (unpaired) electrons. The van der Waals surface area contributed by atoms with Gasteiger partial charge in [-0.2, -0.15) is 0 Å². The van der Waals surface area contributed by atoms with Crippen LogP contribution in [0.2, 0.25) is 0 Å². The first-order valence-electron chi connectivity index (χ1n) is 6.51. The minimum atomic E-state index is 0.519. The third-order valence-corrected chi connectivity index (χ3v) is 3.88. The van der Waals surface area contributed by atoms with Gasteiger partial charge in [-0.05, 0) is 40.5 Å². The highest BCUT2D eigenvalue weighted by Gasteiger charge is 2.16. The fraction of sp³-hybridized carbons (Fsp3) is 0.357. The molecule has 0 spiro atoms. The molecule has 0 amide bonds. The van der Waals surface area contributed by atoms with Crippen molar-refractivity contribution in [1.29, 1.82) is 0 Å². The van der Waals surface area contributed by atoms with E-state index in [0.717, 1.165) is 33.6 Å². The van der Waals surface area contributed by atoms with Gasteiger partial charge in [0.25, 0.3) is 0 Å². The second-order valence-electron chi connectivity index (χ2n) is 4.80. The van der Waals surface area contributed by atoms with Crippen molar-refractivity contribution in [3.8, 4) is 11.5 Å². The smallest absolute Gasteiger partial charge is 0.200 e. The van der Waals surface area contributed by atoms with Crippen molar-refractivity contribution in [3.05, 3.63) is 34.1 Å². The molecule has 0 fully saturated rings. The molecule has 1 aliphatic rings. The average Bonchev–Trinajstić information content (AvgIpc) is 2.65. The van der Waals surface area contributed by atoms with Gasteiger partial charge in [0, 0.05) is 12.1 Å². The van der Waals surface area contributed by atoms with E-state index in [9.17, 15) is 0 Å². The van der Waals surface area contributed by atoms with E-state index in [1.165, 1.54) is 0 Å². The standard InChI is InChI=1S/C14H16BrN3O2/c1-9-7-17-14(16)18(9)8-10-5-11(15)13-12(6-10)19-3-2-4-20-13/h5-7H,2-4,8H2,1H3,(H2,16,17). The lowest BCUT2D eigenvalue weighted by Gasteiger charge is -2.13. The molecule has 0 saturated carbocycles. The van der Waals surface area contributed by atoms with Crippen LogP contribution in [0.3, 0.4) is 0 Å². The average molecular weight is 338 g/mol. The number of anilines is 1. The van der Waals surface area contributed by atoms with Gasteiger partial charge in [-0.25, -0.2) is 4.98 Å². The number of nitrogens with zero attached hydrogens (tertiary/aromatic N) is 2. The molecular weight excluding hydrogens is 322 g/mol. The van der Waals surface area contributed by atoms with Crippen LogP contribution in [0.15, 0.2) is 22.8 Å². The Morgan fingerprint density at radius 2 is 2.15 bits per heavy atom. The van der Waals surface area contributed by atoms with Crippen LogP contribution in [0.4, 0.5) is 5.95 Å². The topological polar surface area (TPSA) is 62.3 Å². The summed E-state index contributed by atoms with van der Waals surface area (Å²) in [6.07, 6.45) is 2.66. The third-order valence-electron chi connectivity index (χ3n) is 3.29. The first kappa shape index (κ1) is 13.3. The Morgan fingerprint density at radius 3 is 2.90 bits per heavy atom. The van der Waals surface area contributed by atoms with E-state index in [4.69, 9.17) is 15.2 Å². The van der Waals surface area contributed by atoms with E-state index in [0.29, 0.717) is 25.7 Å². The highest BCUT2D eigenvalue weighted by atomic mass is 79.9. The summed E-state index contributed by atoms with van der Waals surface area (Å²) in [5.74, 6) is 2.08. The van der Waals surface area contributed by atoms with Gasteiger partial charge in [0.15, 0.2) is 11.5 Å². The number of benzene rings is 1. The SMILES string of the molecule is Cc1cnc(N)n1Cc1cc(Br)c2c(c1)OCCCO2. The van der Waals surface area contributed by atoms with Crippen LogP contribution in [0.5, 0.6) is 11.5 Å². The van der Waals surface area contributed by atoms with Crippen LogP contribution in [0, 0.1) is 6.92 Å². The van der Waals surface area contributed by atoms with Crippen molar-refractivity contribution in [2.75, 3.05) is 18.9 Å². The number of fused-ring (bicyclic) bond motifs is 1. The number of rotatable bonds is 2. The van der Waals surface area contributed by atoms with Crippen molar-refractivity contribution in [1.82, 2.24) is 9.55 Å². The van der Waals surface area contributed by atoms with Crippen molar-refractivity contribution < 1.29 is 9.47 Å². The number of halogens is 1. The lowest BCUT2D eigenvalue weighted by atomic mass is 10.2. The maximum Gasteiger partial charge on any atom is 0.200 e. The number of aryl methyl sites for hydroxylation is 1. The summed E-state index contributed by atoms with van der Waals surface area (Å²) in [7, 11) is 0. The minimum absolute atomic E-state index is 0.519. The van der Waals surface area contributed by atoms with Crippen molar-refractivity contribution in [3.63, 3.8) is 0 Å². The van der Waals surface area contributed by atoms with Crippen LogP contribution >= 0.6 is 15.9 Å². The summed E-state index contributed by atoms with van der Waals surface area (Å²) in [5.41, 5.74) is 8.00. The Balaban J connectivity index is 1.95. The highest BCUT2D eigenvalue weighted by molar-refractivity contribution is 9.10. The predicted molar refractivity (Wildman–Crippen MR) is 80.2 cm³/mol. The van der Waals surface area contributed by atoms with Gasteiger partial charge in [-0.3, -0.25) is 0 Å². The fourth-order valence-electron chi connectivity index (χ4n) is 2.24. The van der Waals surface area contributed by atoms with Crippen molar-refractivity contribution >= 4 is 21.9 Å². The van der Waals surface area contributed by atoms with Crippen LogP contribution < -0.4 is 15.2 Å². The van der Waals surface area contributed by atoms with E-state index < -0.39 is 0 Å². The number of nitrogen functional groups attached to an aromatic ring is 1. The Morgan fingerprint density at radius 1 is 1.35 bits per heavy atom. The number of ether oxygens (including phenoxy) is 2. The fourth-order valence-corrected chi connectivity index (χ4v) is 2.85. The second kappa shape index (κ2) is 5.36. The molecule has 1 aromatic carbocycles. The molecule has 6 heteroatoms. The van der Waals surface area contributed by atoms with Gasteiger partial charge in [0.2, 0.25) is 5.95 Å². The maximum atomic E-state index is 5.87. The molecule has 1 aromatic heterocycles. The number of hydrogen-bond donors (Lipinski definition) is 1. The molecular formula is C14H16BrN3O2. The van der Waals surface area contributed by atoms with Gasteiger partial charge in [-0.1, -0.05) is 0 Å². The molecule has 0 saturated heterocycles. The van der Waals surface area contributed by atoms with Crippen LogP contribution in [-0.2, 0) is 6.54 Å². The van der Waals surface area contributed by atoms with E-state index in [2.05, 4.69) is 20.9 Å². The first-order chi connectivity index (χ1) is 9.65. The van der Waals surface area contributed by atoms with Crippen LogP contribution in [0.1, 0.15) is 17.7 Å². The van der Waals surface area contributed by atoms with E-state index in [1.807, 2.05) is 23.6 Å². The van der Waals surface area contributed by atoms with Crippen molar-refractivity contribution in [2.24, 2.45) is 0 Å². The van der Waals surface area contributed by atoms with E-state index in [1.54, 1.807) is 6.20 Å². The monoisotopic (exact) mass is 337 g/mol. The molecule has 5 nitrogen and oxygen atoms in total. The molecule has 0 aliphatic carbocycles. The number of hydrogen-bond acceptors (Lipinski definition) is 4. The van der Waals surface area contributed by atoms with Gasteiger partial charge in [0.05, 0.1) is 30.4 Å². The zero-order chi connectivity index (χ0) is 14.1. The van der Waals surface area contributed by atoms with E-state index >= 15 is 0 Å². The summed E-state index contributed by atoms with van der Waals surface area (Å²) in [4.78, 5) is 4.11. The Labute approximate surface area is 125 Å². The summed E-state index contributed by atoms with van der Waals surface area (Å²) >= 11 is 3.55. The van der Waals surface area contributed by atoms with Crippen LogP contribution in [0.25, 0.3) is 0 Å². The highest BCUT2D eigenvalue weighted by Crippen LogP contribution is 2.38. The second-order valence-corrected chi connectivity index (χ2v) is 5.65. The number of aromatic nitrogens is 2. The quantitative estimate of drug-likeness (QED) is 0.915. The molecule has 106 valence electrons. The zero-order valence-electron chi connectivity index (χ0n) is 11.2. The Kier molecular flexibility index (Phi) is 3.56. The van der Waals surface area contributed by atoms with Gasteiger partial charge in [0.1, 0.15) is 0 Å². The lowest BCUT2D eigenvalue weighted by Crippen LogP contribution is -2.06. The normalized spacial score (nSPS) is 14.1. The summed E-state index contributed by atoms with van der Waals surface area (Å²) < 4.78 is 14.3. The van der Waals surface area contributed by atoms with Gasteiger partial charge in [-0.15, -0.1) is 0 Å². The largest absolute Gasteiger partial charge is 0.490 e. The number of nitrogens with two attached hydrogens (primary N) is 1. The van der Waals surface area contributed by atoms with Gasteiger partial charge < -0.3 is 19.8 Å².